The molecule has 0 radical (unpaired) electrons. The molecule has 0 aliphatic heterocycles. The van der Waals surface area contributed by atoms with E-state index < -0.39 is 0 Å². The number of aromatic nitrogens is 2. The Morgan fingerprint density at radius 2 is 1.94 bits per heavy atom. The number of nitrogen functional groups attached to an aromatic ring is 1. The highest BCUT2D eigenvalue weighted by atomic mass is 16.5. The fourth-order valence-corrected chi connectivity index (χ4v) is 1.72. The molecule has 18 heavy (non-hydrogen) atoms. The third-order valence-electron chi connectivity index (χ3n) is 2.83. The molecule has 0 bridgehead atoms. The highest BCUT2D eigenvalue weighted by molar-refractivity contribution is 5.66. The predicted octanol–water partition coefficient (Wildman–Crippen LogP) is 1.13. The van der Waals surface area contributed by atoms with Crippen LogP contribution in [0.3, 0.4) is 0 Å². The summed E-state index contributed by atoms with van der Waals surface area (Å²) in [4.78, 5) is 10.7. The van der Waals surface area contributed by atoms with Crippen molar-refractivity contribution in [2.45, 2.75) is 20.8 Å². The lowest BCUT2D eigenvalue weighted by molar-refractivity contribution is 0.316. The Bertz CT molecular complexity index is 379. The van der Waals surface area contributed by atoms with E-state index in [9.17, 15) is 0 Å². The van der Waals surface area contributed by atoms with Crippen molar-refractivity contribution in [3.8, 4) is 5.88 Å². The van der Waals surface area contributed by atoms with Crippen molar-refractivity contribution >= 4 is 11.5 Å². The molecule has 3 N–H and O–H groups in total. The zero-order valence-electron chi connectivity index (χ0n) is 11.7. The van der Waals surface area contributed by atoms with E-state index in [-0.39, 0.29) is 0 Å². The maximum Gasteiger partial charge on any atom is 0.242 e. The normalized spacial score (nSPS) is 10.7. The predicted molar refractivity (Wildman–Crippen MR) is 74.0 cm³/mol. The van der Waals surface area contributed by atoms with Crippen molar-refractivity contribution in [1.82, 2.24) is 14.9 Å². The van der Waals surface area contributed by atoms with Gasteiger partial charge in [0.1, 0.15) is 11.5 Å². The van der Waals surface area contributed by atoms with E-state index in [1.54, 1.807) is 7.11 Å². The molecule has 1 heterocycles. The molecule has 0 saturated heterocycles. The SMILES string of the molecule is CCN(CC)CCNc1nc(C)nc(OC)c1N. The van der Waals surface area contributed by atoms with Crippen molar-refractivity contribution in [3.05, 3.63) is 5.82 Å². The summed E-state index contributed by atoms with van der Waals surface area (Å²) in [6.45, 7) is 9.95. The molecule has 0 atom stereocenters. The number of anilines is 2. The second-order valence-electron chi connectivity index (χ2n) is 4.00. The first-order valence-corrected chi connectivity index (χ1v) is 6.26. The average molecular weight is 253 g/mol. The maximum atomic E-state index is 5.92. The fourth-order valence-electron chi connectivity index (χ4n) is 1.72. The summed E-state index contributed by atoms with van der Waals surface area (Å²) in [5.41, 5.74) is 6.38. The van der Waals surface area contributed by atoms with Crippen LogP contribution in [0.4, 0.5) is 11.5 Å². The average Bonchev–Trinajstić information content (AvgIpc) is 2.38. The number of ether oxygens (including phenoxy) is 1. The van der Waals surface area contributed by atoms with Crippen LogP contribution in [0.5, 0.6) is 5.88 Å². The smallest absolute Gasteiger partial charge is 0.242 e. The van der Waals surface area contributed by atoms with Gasteiger partial charge in [0.25, 0.3) is 0 Å². The number of nitrogens with one attached hydrogen (secondary N) is 1. The summed E-state index contributed by atoms with van der Waals surface area (Å²) in [6.07, 6.45) is 0. The van der Waals surface area contributed by atoms with E-state index in [0.717, 1.165) is 26.2 Å². The van der Waals surface area contributed by atoms with Crippen LogP contribution in [-0.2, 0) is 0 Å². The Kier molecular flexibility index (Phi) is 5.64. The fraction of sp³-hybridized carbons (Fsp3) is 0.667. The summed E-state index contributed by atoms with van der Waals surface area (Å²) in [5.74, 6) is 1.71. The quantitative estimate of drug-likeness (QED) is 0.758. The van der Waals surface area contributed by atoms with Gasteiger partial charge in [-0.25, -0.2) is 4.98 Å². The first kappa shape index (κ1) is 14.5. The largest absolute Gasteiger partial charge is 0.479 e. The Morgan fingerprint density at radius 1 is 1.28 bits per heavy atom. The minimum absolute atomic E-state index is 0.424. The summed E-state index contributed by atoms with van der Waals surface area (Å²) < 4.78 is 5.11. The van der Waals surface area contributed by atoms with Gasteiger partial charge >= 0.3 is 0 Å². The van der Waals surface area contributed by atoms with Crippen LogP contribution >= 0.6 is 0 Å². The van der Waals surface area contributed by atoms with E-state index >= 15 is 0 Å². The van der Waals surface area contributed by atoms with Gasteiger partial charge in [-0.2, -0.15) is 4.98 Å². The molecule has 1 rings (SSSR count). The van der Waals surface area contributed by atoms with Crippen molar-refractivity contribution in [3.63, 3.8) is 0 Å². The second kappa shape index (κ2) is 7.00. The van der Waals surface area contributed by atoms with Gasteiger partial charge in [0, 0.05) is 13.1 Å². The lowest BCUT2D eigenvalue weighted by Crippen LogP contribution is -2.29. The molecular formula is C12H23N5O. The first-order chi connectivity index (χ1) is 8.62. The number of nitrogens with two attached hydrogens (primary N) is 1. The Labute approximate surface area is 109 Å². The maximum absolute atomic E-state index is 5.92. The number of methoxy groups -OCH3 is 1. The van der Waals surface area contributed by atoms with Gasteiger partial charge in [-0.1, -0.05) is 13.8 Å². The molecule has 102 valence electrons. The zero-order chi connectivity index (χ0) is 13.5. The van der Waals surface area contributed by atoms with Crippen molar-refractivity contribution in [1.29, 1.82) is 0 Å². The molecule has 0 amide bonds. The van der Waals surface area contributed by atoms with Crippen molar-refractivity contribution in [2.24, 2.45) is 0 Å². The lowest BCUT2D eigenvalue weighted by Gasteiger charge is -2.19. The molecule has 0 aliphatic carbocycles. The standard InChI is InChI=1S/C12H23N5O/c1-5-17(6-2)8-7-14-11-10(13)12(18-4)16-9(3)15-11/h5-8,13H2,1-4H3,(H,14,15,16). The minimum atomic E-state index is 0.424. The van der Waals surface area contributed by atoms with Crippen LogP contribution in [0.15, 0.2) is 0 Å². The van der Waals surface area contributed by atoms with E-state index in [1.807, 2.05) is 6.92 Å². The second-order valence-corrected chi connectivity index (χ2v) is 4.00. The topological polar surface area (TPSA) is 76.3 Å². The molecule has 0 fully saturated rings. The first-order valence-electron chi connectivity index (χ1n) is 6.26. The van der Waals surface area contributed by atoms with Gasteiger partial charge in [-0.05, 0) is 20.0 Å². The number of likely N-dealkylation sites (N-methyl/N-ethyl adjacent to an activating group) is 1. The van der Waals surface area contributed by atoms with E-state index in [2.05, 4.69) is 34.0 Å². The van der Waals surface area contributed by atoms with Crippen LogP contribution in [-0.4, -0.2) is 48.2 Å². The van der Waals surface area contributed by atoms with Crippen molar-refractivity contribution in [2.75, 3.05) is 44.3 Å². The van der Waals surface area contributed by atoms with Gasteiger partial charge in [0.05, 0.1) is 7.11 Å². The van der Waals surface area contributed by atoms with Crippen LogP contribution in [0.1, 0.15) is 19.7 Å². The molecule has 1 aromatic heterocycles. The zero-order valence-corrected chi connectivity index (χ0v) is 11.7. The highest BCUT2D eigenvalue weighted by Gasteiger charge is 2.10. The Morgan fingerprint density at radius 3 is 2.50 bits per heavy atom. The van der Waals surface area contributed by atoms with Gasteiger partial charge < -0.3 is 20.7 Å². The van der Waals surface area contributed by atoms with Gasteiger partial charge in [-0.3, -0.25) is 0 Å². The van der Waals surface area contributed by atoms with Gasteiger partial charge in [-0.15, -0.1) is 0 Å². The van der Waals surface area contributed by atoms with Crippen LogP contribution in [0, 0.1) is 6.92 Å². The molecule has 0 aromatic carbocycles. The number of hydrogen-bond donors (Lipinski definition) is 2. The van der Waals surface area contributed by atoms with Crippen LogP contribution < -0.4 is 15.8 Å². The Hall–Kier alpha value is -1.56. The summed E-state index contributed by atoms with van der Waals surface area (Å²) in [7, 11) is 1.55. The molecule has 6 heteroatoms. The third-order valence-corrected chi connectivity index (χ3v) is 2.83. The van der Waals surface area contributed by atoms with E-state index in [4.69, 9.17) is 10.5 Å². The molecule has 0 unspecified atom stereocenters. The molecule has 6 nitrogen and oxygen atoms in total. The minimum Gasteiger partial charge on any atom is -0.479 e. The molecule has 0 aliphatic rings. The molecular weight excluding hydrogens is 230 g/mol. The van der Waals surface area contributed by atoms with Gasteiger partial charge in [0.15, 0.2) is 5.82 Å². The number of aryl methyl sites for hydroxylation is 1. The number of nitrogens with zero attached hydrogens (tertiary/aromatic N) is 3. The third kappa shape index (κ3) is 3.73. The van der Waals surface area contributed by atoms with E-state index in [1.165, 1.54) is 0 Å². The number of rotatable bonds is 7. The van der Waals surface area contributed by atoms with Crippen LogP contribution in [0.25, 0.3) is 0 Å². The molecule has 0 saturated carbocycles. The number of hydrogen-bond acceptors (Lipinski definition) is 6. The van der Waals surface area contributed by atoms with Crippen LogP contribution in [0.2, 0.25) is 0 Å². The van der Waals surface area contributed by atoms with Gasteiger partial charge in [0.2, 0.25) is 5.88 Å². The van der Waals surface area contributed by atoms with Crippen molar-refractivity contribution < 1.29 is 4.74 Å². The summed E-state index contributed by atoms with van der Waals surface area (Å²) in [6, 6.07) is 0. The highest BCUT2D eigenvalue weighted by Crippen LogP contribution is 2.25. The summed E-state index contributed by atoms with van der Waals surface area (Å²) in [5, 5.41) is 3.23. The Balaban J connectivity index is 2.64. The molecule has 1 aromatic rings. The monoisotopic (exact) mass is 253 g/mol. The lowest BCUT2D eigenvalue weighted by atomic mass is 10.4. The summed E-state index contributed by atoms with van der Waals surface area (Å²) >= 11 is 0. The molecule has 0 spiro atoms. The van der Waals surface area contributed by atoms with E-state index in [0.29, 0.717) is 23.2 Å².